The van der Waals surface area contributed by atoms with E-state index in [2.05, 4.69) is 62.6 Å². The molecule has 2 aromatic heterocycles. The fourth-order valence-corrected chi connectivity index (χ4v) is 4.72. The lowest BCUT2D eigenvalue weighted by Gasteiger charge is -2.30. The van der Waals surface area contributed by atoms with Gasteiger partial charge in [0.2, 0.25) is 11.8 Å². The van der Waals surface area contributed by atoms with Crippen LogP contribution in [-0.4, -0.2) is 45.6 Å². The van der Waals surface area contributed by atoms with Crippen molar-refractivity contribution in [2.24, 2.45) is 0 Å². The lowest BCUT2D eigenvalue weighted by Crippen LogP contribution is -2.31. The van der Waals surface area contributed by atoms with E-state index in [0.717, 1.165) is 61.1 Å². The monoisotopic (exact) mass is 472 g/mol. The van der Waals surface area contributed by atoms with Crippen LogP contribution in [0.2, 0.25) is 0 Å². The van der Waals surface area contributed by atoms with Gasteiger partial charge in [-0.1, -0.05) is 47.7 Å². The molecule has 0 fully saturated rings. The van der Waals surface area contributed by atoms with Crippen LogP contribution in [0, 0.1) is 6.92 Å². The summed E-state index contributed by atoms with van der Waals surface area (Å²) in [5.74, 6) is 2.29. The maximum absolute atomic E-state index is 6.50. The number of fused-ring (bicyclic) bond motifs is 4. The molecule has 35 heavy (non-hydrogen) atoms. The van der Waals surface area contributed by atoms with E-state index in [9.17, 15) is 0 Å². The largest absolute Gasteiger partial charge is 0.497 e. The van der Waals surface area contributed by atoms with Crippen molar-refractivity contribution < 1.29 is 9.15 Å². The first-order valence-corrected chi connectivity index (χ1v) is 12.1. The molecule has 1 aliphatic rings. The molecule has 1 aliphatic heterocycles. The standard InChI is InChI=1S/C27H32N6O2/c1-20-27-31(2)18-23-19-33(30-29-23)16-8-7-15-32(17-21-9-5-4-6-10-21)25(26(28-20)35-27)22-11-13-24(34-3)14-12-22/h4-6,9-14,19,25H,7-8,15-18H2,1-3H3. The third-order valence-corrected chi connectivity index (χ3v) is 6.46. The Morgan fingerprint density at radius 3 is 2.57 bits per heavy atom. The summed E-state index contributed by atoms with van der Waals surface area (Å²) in [6.07, 6.45) is 4.05. The van der Waals surface area contributed by atoms with Gasteiger partial charge in [0, 0.05) is 20.1 Å². The molecule has 1 atom stereocenters. The van der Waals surface area contributed by atoms with Crippen molar-refractivity contribution >= 4 is 5.88 Å². The molecule has 0 saturated heterocycles. The van der Waals surface area contributed by atoms with Crippen molar-refractivity contribution in [3.05, 3.63) is 89.2 Å². The number of hydrogen-bond donors (Lipinski definition) is 0. The number of benzene rings is 2. The number of nitrogens with zero attached hydrogens (tertiary/aromatic N) is 6. The Bertz CT molecular complexity index is 1230. The number of aromatic nitrogens is 4. The third-order valence-electron chi connectivity index (χ3n) is 6.46. The van der Waals surface area contributed by atoms with Crippen molar-refractivity contribution in [2.45, 2.75) is 45.4 Å². The van der Waals surface area contributed by atoms with Gasteiger partial charge in [-0.2, -0.15) is 0 Å². The van der Waals surface area contributed by atoms with Crippen LogP contribution in [0.5, 0.6) is 5.75 Å². The van der Waals surface area contributed by atoms with Crippen molar-refractivity contribution in [3.63, 3.8) is 0 Å². The molecule has 182 valence electrons. The molecule has 0 aliphatic carbocycles. The highest BCUT2D eigenvalue weighted by Crippen LogP contribution is 2.34. The maximum atomic E-state index is 6.50. The number of anilines is 1. The molecule has 0 amide bonds. The number of rotatable bonds is 4. The van der Waals surface area contributed by atoms with E-state index < -0.39 is 0 Å². The first-order valence-electron chi connectivity index (χ1n) is 12.1. The minimum Gasteiger partial charge on any atom is -0.497 e. The lowest BCUT2D eigenvalue weighted by molar-refractivity contribution is 0.185. The van der Waals surface area contributed by atoms with Crippen LogP contribution < -0.4 is 9.64 Å². The van der Waals surface area contributed by atoms with Crippen LogP contribution in [0.4, 0.5) is 5.88 Å². The van der Waals surface area contributed by atoms with Crippen LogP contribution in [-0.2, 0) is 19.6 Å². The predicted octanol–water partition coefficient (Wildman–Crippen LogP) is 4.60. The van der Waals surface area contributed by atoms with Crippen LogP contribution in [0.25, 0.3) is 0 Å². The molecule has 8 nitrogen and oxygen atoms in total. The molecule has 4 bridgehead atoms. The van der Waals surface area contributed by atoms with Crippen LogP contribution in [0.3, 0.4) is 0 Å². The van der Waals surface area contributed by atoms with E-state index in [1.807, 2.05) is 37.0 Å². The number of aryl methyl sites for hydroxylation is 2. The van der Waals surface area contributed by atoms with Gasteiger partial charge in [-0.05, 0) is 49.6 Å². The van der Waals surface area contributed by atoms with E-state index in [4.69, 9.17) is 14.1 Å². The summed E-state index contributed by atoms with van der Waals surface area (Å²) in [7, 11) is 3.70. The zero-order chi connectivity index (χ0) is 24.2. The molecule has 4 aromatic rings. The zero-order valence-corrected chi connectivity index (χ0v) is 20.6. The number of hydrogen-bond acceptors (Lipinski definition) is 7. The molecule has 1 unspecified atom stereocenters. The van der Waals surface area contributed by atoms with E-state index >= 15 is 0 Å². The van der Waals surface area contributed by atoms with E-state index in [1.165, 1.54) is 5.56 Å². The van der Waals surface area contributed by atoms with Gasteiger partial charge in [0.15, 0.2) is 0 Å². The van der Waals surface area contributed by atoms with Crippen LogP contribution in [0.15, 0.2) is 65.2 Å². The molecule has 5 rings (SSSR count). The van der Waals surface area contributed by atoms with Crippen molar-refractivity contribution in [3.8, 4) is 5.75 Å². The third kappa shape index (κ3) is 5.22. The summed E-state index contributed by atoms with van der Waals surface area (Å²) in [5.41, 5.74) is 4.16. The van der Waals surface area contributed by atoms with Gasteiger partial charge in [-0.3, -0.25) is 9.58 Å². The molecule has 0 saturated carbocycles. The number of methoxy groups -OCH3 is 1. The summed E-state index contributed by atoms with van der Waals surface area (Å²) in [6, 6.07) is 18.7. The van der Waals surface area contributed by atoms with Gasteiger partial charge in [-0.25, -0.2) is 4.98 Å². The Kier molecular flexibility index (Phi) is 6.81. The second-order valence-corrected chi connectivity index (χ2v) is 9.11. The molecule has 0 spiro atoms. The second kappa shape index (κ2) is 10.3. The predicted molar refractivity (Wildman–Crippen MR) is 134 cm³/mol. The quantitative estimate of drug-likeness (QED) is 0.430. The topological polar surface area (TPSA) is 72.5 Å². The van der Waals surface area contributed by atoms with Crippen molar-refractivity contribution in [1.29, 1.82) is 0 Å². The Hall–Kier alpha value is -3.65. The summed E-state index contributed by atoms with van der Waals surface area (Å²) in [5, 5.41) is 8.67. The van der Waals surface area contributed by atoms with E-state index in [0.29, 0.717) is 12.4 Å². The van der Waals surface area contributed by atoms with Crippen LogP contribution in [0.1, 0.15) is 47.3 Å². The van der Waals surface area contributed by atoms with Gasteiger partial charge in [0.25, 0.3) is 0 Å². The minimum absolute atomic E-state index is 0.129. The van der Waals surface area contributed by atoms with Gasteiger partial charge >= 0.3 is 0 Å². The van der Waals surface area contributed by atoms with Crippen LogP contribution >= 0.6 is 0 Å². The zero-order valence-electron chi connectivity index (χ0n) is 20.6. The Balaban J connectivity index is 1.58. The Morgan fingerprint density at radius 1 is 1.03 bits per heavy atom. The maximum Gasteiger partial charge on any atom is 0.219 e. The molecule has 2 aromatic carbocycles. The molecular weight excluding hydrogens is 440 g/mol. The highest BCUT2D eigenvalue weighted by Gasteiger charge is 2.29. The summed E-state index contributed by atoms with van der Waals surface area (Å²) < 4.78 is 13.9. The van der Waals surface area contributed by atoms with Gasteiger partial charge in [-0.15, -0.1) is 5.10 Å². The van der Waals surface area contributed by atoms with Crippen molar-refractivity contribution in [2.75, 3.05) is 25.6 Å². The molecule has 8 heteroatoms. The van der Waals surface area contributed by atoms with Gasteiger partial charge in [0.1, 0.15) is 23.2 Å². The van der Waals surface area contributed by atoms with Gasteiger partial charge < -0.3 is 14.1 Å². The SMILES string of the molecule is COc1ccc(C2c3nc(C)c(o3)N(C)Cc3cn(nn3)CCCCN2Cc2ccccc2)cc1. The molecular formula is C27H32N6O2. The molecule has 0 radical (unpaired) electrons. The molecule has 0 N–H and O–H groups in total. The van der Waals surface area contributed by atoms with Gasteiger partial charge in [0.05, 0.1) is 19.9 Å². The molecule has 3 heterocycles. The Labute approximate surface area is 206 Å². The smallest absolute Gasteiger partial charge is 0.219 e. The van der Waals surface area contributed by atoms with E-state index in [1.54, 1.807) is 7.11 Å². The summed E-state index contributed by atoms with van der Waals surface area (Å²) >= 11 is 0. The highest BCUT2D eigenvalue weighted by atomic mass is 16.5. The summed E-state index contributed by atoms with van der Waals surface area (Å²) in [6.45, 7) is 5.14. The normalized spacial score (nSPS) is 17.2. The first kappa shape index (κ1) is 23.1. The fourth-order valence-electron chi connectivity index (χ4n) is 4.72. The number of ether oxygens (including phenoxy) is 1. The second-order valence-electron chi connectivity index (χ2n) is 9.11. The minimum atomic E-state index is -0.129. The first-order chi connectivity index (χ1) is 17.1. The number of oxazole rings is 1. The Morgan fingerprint density at radius 2 is 1.80 bits per heavy atom. The van der Waals surface area contributed by atoms with Crippen molar-refractivity contribution in [1.82, 2.24) is 24.9 Å². The summed E-state index contributed by atoms with van der Waals surface area (Å²) in [4.78, 5) is 9.46. The van der Waals surface area contributed by atoms with E-state index in [-0.39, 0.29) is 6.04 Å². The highest BCUT2D eigenvalue weighted by molar-refractivity contribution is 5.41. The lowest BCUT2D eigenvalue weighted by atomic mass is 10.0. The fraction of sp³-hybridized carbons (Fsp3) is 0.370. The average molecular weight is 473 g/mol. The average Bonchev–Trinajstić information content (AvgIpc) is 3.48.